The molecule has 78 valence electrons. The Kier molecular flexibility index (Phi) is 3.08. The summed E-state index contributed by atoms with van der Waals surface area (Å²) >= 11 is 7.14. The van der Waals surface area contributed by atoms with Gasteiger partial charge in [0.2, 0.25) is 0 Å². The van der Waals surface area contributed by atoms with E-state index in [1.54, 1.807) is 23.6 Å². The third-order valence-electron chi connectivity index (χ3n) is 1.83. The molecular formula is C10H9ClN2OS. The normalized spacial score (nSPS) is 10.2. The van der Waals surface area contributed by atoms with Crippen LogP contribution in [0.1, 0.15) is 5.56 Å². The molecule has 0 radical (unpaired) electrons. The van der Waals surface area contributed by atoms with Crippen molar-refractivity contribution in [2.45, 2.75) is 6.54 Å². The summed E-state index contributed by atoms with van der Waals surface area (Å²) < 4.78 is 0. The van der Waals surface area contributed by atoms with Crippen molar-refractivity contribution < 1.29 is 5.11 Å². The van der Waals surface area contributed by atoms with Gasteiger partial charge in [-0.25, -0.2) is 4.98 Å². The summed E-state index contributed by atoms with van der Waals surface area (Å²) in [7, 11) is 0. The Bertz CT molecular complexity index is 458. The van der Waals surface area contributed by atoms with E-state index >= 15 is 0 Å². The van der Waals surface area contributed by atoms with Crippen LogP contribution in [0.4, 0.5) is 5.13 Å². The van der Waals surface area contributed by atoms with E-state index in [0.717, 1.165) is 10.7 Å². The van der Waals surface area contributed by atoms with E-state index < -0.39 is 0 Å². The molecule has 0 aliphatic carbocycles. The van der Waals surface area contributed by atoms with Crippen LogP contribution in [-0.2, 0) is 6.54 Å². The number of hydrogen-bond donors (Lipinski definition) is 2. The van der Waals surface area contributed by atoms with Crippen molar-refractivity contribution in [3.63, 3.8) is 0 Å². The first kappa shape index (κ1) is 10.3. The van der Waals surface area contributed by atoms with Crippen molar-refractivity contribution in [2.24, 2.45) is 0 Å². The van der Waals surface area contributed by atoms with Crippen LogP contribution in [0, 0.1) is 0 Å². The van der Waals surface area contributed by atoms with Crippen LogP contribution in [0.25, 0.3) is 0 Å². The van der Waals surface area contributed by atoms with Gasteiger partial charge in [-0.05, 0) is 17.7 Å². The number of aromatic nitrogens is 1. The maximum Gasteiger partial charge on any atom is 0.184 e. The van der Waals surface area contributed by atoms with Gasteiger partial charge < -0.3 is 10.4 Å². The van der Waals surface area contributed by atoms with E-state index in [1.807, 2.05) is 6.07 Å². The molecule has 1 heterocycles. The zero-order valence-electron chi connectivity index (χ0n) is 7.77. The molecule has 0 saturated heterocycles. The average molecular weight is 241 g/mol. The Labute approximate surface area is 96.4 Å². The Morgan fingerprint density at radius 1 is 1.47 bits per heavy atom. The lowest BCUT2D eigenvalue weighted by molar-refractivity contribution is 0.474. The topological polar surface area (TPSA) is 45.1 Å². The molecule has 0 fully saturated rings. The SMILES string of the molecule is Oc1cccc(CNc2nc(Cl)cs2)c1. The quantitative estimate of drug-likeness (QED) is 0.867. The lowest BCUT2D eigenvalue weighted by Crippen LogP contribution is -1.98. The smallest absolute Gasteiger partial charge is 0.184 e. The van der Waals surface area contributed by atoms with Crippen LogP contribution in [-0.4, -0.2) is 10.1 Å². The molecule has 2 rings (SSSR count). The Morgan fingerprint density at radius 2 is 2.33 bits per heavy atom. The molecule has 1 aromatic heterocycles. The van der Waals surface area contributed by atoms with Gasteiger partial charge in [0.1, 0.15) is 10.9 Å². The fraction of sp³-hybridized carbons (Fsp3) is 0.100. The number of anilines is 1. The first-order valence-corrected chi connectivity index (χ1v) is 5.62. The van der Waals surface area contributed by atoms with Crippen molar-refractivity contribution >= 4 is 28.1 Å². The lowest BCUT2D eigenvalue weighted by atomic mass is 10.2. The number of benzene rings is 1. The van der Waals surface area contributed by atoms with Crippen molar-refractivity contribution in [1.29, 1.82) is 0 Å². The van der Waals surface area contributed by atoms with Crippen LogP contribution in [0.3, 0.4) is 0 Å². The van der Waals surface area contributed by atoms with E-state index in [-0.39, 0.29) is 5.75 Å². The summed E-state index contributed by atoms with van der Waals surface area (Å²) in [6.45, 7) is 0.623. The van der Waals surface area contributed by atoms with Gasteiger partial charge in [-0.3, -0.25) is 0 Å². The van der Waals surface area contributed by atoms with E-state index in [4.69, 9.17) is 11.6 Å². The molecule has 1 aromatic carbocycles. The van der Waals surface area contributed by atoms with Crippen LogP contribution in [0.15, 0.2) is 29.6 Å². The zero-order valence-corrected chi connectivity index (χ0v) is 9.35. The average Bonchev–Trinajstić information content (AvgIpc) is 2.62. The monoisotopic (exact) mass is 240 g/mol. The molecule has 5 heteroatoms. The van der Waals surface area contributed by atoms with E-state index in [1.165, 1.54) is 11.3 Å². The van der Waals surface area contributed by atoms with Crippen molar-refractivity contribution in [3.05, 3.63) is 40.4 Å². The Balaban J connectivity index is 1.99. The molecule has 0 spiro atoms. The molecule has 3 nitrogen and oxygen atoms in total. The summed E-state index contributed by atoms with van der Waals surface area (Å²) in [6, 6.07) is 7.09. The van der Waals surface area contributed by atoms with Gasteiger partial charge in [0.05, 0.1) is 0 Å². The molecule has 0 amide bonds. The molecule has 2 N–H and O–H groups in total. The van der Waals surface area contributed by atoms with E-state index in [2.05, 4.69) is 10.3 Å². The van der Waals surface area contributed by atoms with Gasteiger partial charge in [-0.2, -0.15) is 0 Å². The molecule has 2 aromatic rings. The van der Waals surface area contributed by atoms with Gasteiger partial charge >= 0.3 is 0 Å². The number of nitrogens with zero attached hydrogens (tertiary/aromatic N) is 1. The predicted octanol–water partition coefficient (Wildman–Crippen LogP) is 3.11. The highest BCUT2D eigenvalue weighted by molar-refractivity contribution is 7.14. The van der Waals surface area contributed by atoms with Gasteiger partial charge in [0.25, 0.3) is 0 Å². The third-order valence-corrected chi connectivity index (χ3v) is 2.95. The number of thiazole rings is 1. The summed E-state index contributed by atoms with van der Waals surface area (Å²) in [6.07, 6.45) is 0. The molecule has 0 aliphatic heterocycles. The van der Waals surface area contributed by atoms with Gasteiger partial charge in [0.15, 0.2) is 5.13 Å². The number of phenolic OH excluding ortho intramolecular Hbond substituents is 1. The van der Waals surface area contributed by atoms with Crippen LogP contribution in [0.5, 0.6) is 5.75 Å². The number of aromatic hydroxyl groups is 1. The van der Waals surface area contributed by atoms with Crippen molar-refractivity contribution in [2.75, 3.05) is 5.32 Å². The third kappa shape index (κ3) is 2.84. The zero-order chi connectivity index (χ0) is 10.7. The van der Waals surface area contributed by atoms with Crippen LogP contribution < -0.4 is 5.32 Å². The number of phenols is 1. The standard InChI is InChI=1S/C10H9ClN2OS/c11-9-6-15-10(13-9)12-5-7-2-1-3-8(14)4-7/h1-4,6,14H,5H2,(H,12,13). The maximum absolute atomic E-state index is 9.25. The number of hydrogen-bond acceptors (Lipinski definition) is 4. The first-order valence-electron chi connectivity index (χ1n) is 4.37. The predicted molar refractivity (Wildman–Crippen MR) is 62.6 cm³/mol. The Morgan fingerprint density at radius 3 is 3.00 bits per heavy atom. The molecule has 0 aliphatic rings. The van der Waals surface area contributed by atoms with E-state index in [9.17, 15) is 5.11 Å². The molecule has 0 atom stereocenters. The van der Waals surface area contributed by atoms with Gasteiger partial charge in [-0.1, -0.05) is 23.7 Å². The first-order chi connectivity index (χ1) is 7.24. The molecule has 15 heavy (non-hydrogen) atoms. The van der Waals surface area contributed by atoms with Gasteiger partial charge in [-0.15, -0.1) is 11.3 Å². The minimum absolute atomic E-state index is 0.270. The highest BCUT2D eigenvalue weighted by Gasteiger charge is 1.99. The summed E-state index contributed by atoms with van der Waals surface area (Å²) in [4.78, 5) is 4.06. The number of rotatable bonds is 3. The Hall–Kier alpha value is -1.26. The second-order valence-electron chi connectivity index (χ2n) is 3.00. The molecule has 0 saturated carbocycles. The minimum Gasteiger partial charge on any atom is -0.508 e. The highest BCUT2D eigenvalue weighted by atomic mass is 35.5. The summed E-state index contributed by atoms with van der Waals surface area (Å²) in [5.41, 5.74) is 1.00. The molecule has 0 bridgehead atoms. The molecule has 0 unspecified atom stereocenters. The van der Waals surface area contributed by atoms with Crippen molar-refractivity contribution in [3.8, 4) is 5.75 Å². The summed E-state index contributed by atoms with van der Waals surface area (Å²) in [5, 5.41) is 15.4. The van der Waals surface area contributed by atoms with Crippen LogP contribution >= 0.6 is 22.9 Å². The van der Waals surface area contributed by atoms with Gasteiger partial charge in [0, 0.05) is 11.9 Å². The fourth-order valence-corrected chi connectivity index (χ4v) is 2.02. The number of halogens is 1. The number of nitrogens with one attached hydrogen (secondary N) is 1. The van der Waals surface area contributed by atoms with Crippen molar-refractivity contribution in [1.82, 2.24) is 4.98 Å². The lowest BCUT2D eigenvalue weighted by Gasteiger charge is -2.02. The second kappa shape index (κ2) is 4.51. The highest BCUT2D eigenvalue weighted by Crippen LogP contribution is 2.20. The van der Waals surface area contributed by atoms with Crippen LogP contribution in [0.2, 0.25) is 5.15 Å². The van der Waals surface area contributed by atoms with E-state index in [0.29, 0.717) is 11.7 Å². The second-order valence-corrected chi connectivity index (χ2v) is 4.24. The summed E-state index contributed by atoms with van der Waals surface area (Å²) in [5.74, 6) is 0.270. The fourth-order valence-electron chi connectivity index (χ4n) is 1.18. The molecular weight excluding hydrogens is 232 g/mol. The minimum atomic E-state index is 0.270. The maximum atomic E-state index is 9.25. The largest absolute Gasteiger partial charge is 0.508 e.